The number of benzene rings is 3. The van der Waals surface area contributed by atoms with Crippen LogP contribution in [0.15, 0.2) is 91.0 Å². The van der Waals surface area contributed by atoms with Crippen LogP contribution < -0.4 is 4.90 Å². The van der Waals surface area contributed by atoms with Gasteiger partial charge in [-0.2, -0.15) is 0 Å². The average Bonchev–Trinajstić information content (AvgIpc) is 2.86. The maximum atomic E-state index is 13.1. The van der Waals surface area contributed by atoms with Crippen LogP contribution in [-0.4, -0.2) is 36.5 Å². The topological polar surface area (TPSA) is 23.6 Å². The molecule has 0 aromatic heterocycles. The van der Waals surface area contributed by atoms with Gasteiger partial charge in [0.2, 0.25) is 5.91 Å². The van der Waals surface area contributed by atoms with Crippen LogP contribution in [0, 0.1) is 5.92 Å². The normalized spacial score (nSPS) is 18.9. The second kappa shape index (κ2) is 11.1. The molecule has 0 N–H and O–H groups in total. The molecule has 1 amide bonds. The largest absolute Gasteiger partial charge is 0.309 e. The monoisotopic (exact) mass is 426 g/mol. The number of carbonyl (C=O) groups excluding carboxylic acids is 1. The standard InChI is InChI=1S/C29H34N2O/c1-2-29(32)31(27-16-10-5-11-17-27)28-19-21-30(20-18-24-12-6-3-7-13-24)23-26(28)22-25-14-8-4-9-15-25/h3-17,26,28H,2,18-23H2,1H3/t26-,28-/m1/s1. The number of amides is 1. The van der Waals surface area contributed by atoms with Crippen LogP contribution >= 0.6 is 0 Å². The van der Waals surface area contributed by atoms with Crippen LogP contribution in [-0.2, 0) is 17.6 Å². The second-order valence-electron chi connectivity index (χ2n) is 8.79. The molecule has 32 heavy (non-hydrogen) atoms. The zero-order valence-corrected chi connectivity index (χ0v) is 19.1. The summed E-state index contributed by atoms with van der Waals surface area (Å²) in [5.41, 5.74) is 3.77. The number of likely N-dealkylation sites (tertiary alicyclic amines) is 1. The Balaban J connectivity index is 1.55. The first-order valence-corrected chi connectivity index (χ1v) is 11.9. The number of hydrogen-bond acceptors (Lipinski definition) is 2. The summed E-state index contributed by atoms with van der Waals surface area (Å²) < 4.78 is 0. The lowest BCUT2D eigenvalue weighted by atomic mass is 9.85. The second-order valence-corrected chi connectivity index (χ2v) is 8.79. The van der Waals surface area contributed by atoms with Gasteiger partial charge in [0.05, 0.1) is 0 Å². The molecule has 1 fully saturated rings. The first kappa shape index (κ1) is 22.3. The third-order valence-corrected chi connectivity index (χ3v) is 6.62. The number of carbonyl (C=O) groups is 1. The van der Waals surface area contributed by atoms with Gasteiger partial charge in [0.25, 0.3) is 0 Å². The predicted octanol–water partition coefficient (Wildman–Crippen LogP) is 5.61. The van der Waals surface area contributed by atoms with Crippen molar-refractivity contribution in [3.05, 3.63) is 102 Å². The van der Waals surface area contributed by atoms with Crippen molar-refractivity contribution in [2.24, 2.45) is 5.92 Å². The molecule has 1 aliphatic heterocycles. The zero-order chi connectivity index (χ0) is 22.2. The molecule has 3 aromatic carbocycles. The molecular weight excluding hydrogens is 392 g/mol. The molecule has 0 unspecified atom stereocenters. The van der Waals surface area contributed by atoms with Crippen LogP contribution in [0.3, 0.4) is 0 Å². The number of piperidine rings is 1. The smallest absolute Gasteiger partial charge is 0.226 e. The van der Waals surface area contributed by atoms with Crippen LogP contribution in [0.4, 0.5) is 5.69 Å². The van der Waals surface area contributed by atoms with E-state index >= 15 is 0 Å². The minimum Gasteiger partial charge on any atom is -0.309 e. The summed E-state index contributed by atoms with van der Waals surface area (Å²) in [6.07, 6.45) is 3.60. The van der Waals surface area contributed by atoms with Gasteiger partial charge in [-0.05, 0) is 48.4 Å². The Hall–Kier alpha value is -2.91. The molecule has 0 saturated carbocycles. The summed E-state index contributed by atoms with van der Waals surface area (Å²) in [7, 11) is 0. The van der Waals surface area contributed by atoms with Crippen LogP contribution in [0.25, 0.3) is 0 Å². The Kier molecular flexibility index (Phi) is 7.73. The molecule has 166 valence electrons. The summed E-state index contributed by atoms with van der Waals surface area (Å²) in [5.74, 6) is 0.620. The van der Waals surface area contributed by atoms with E-state index in [-0.39, 0.29) is 11.9 Å². The van der Waals surface area contributed by atoms with E-state index in [1.165, 1.54) is 11.1 Å². The number of rotatable bonds is 8. The van der Waals surface area contributed by atoms with Gasteiger partial charge in [-0.3, -0.25) is 4.79 Å². The van der Waals surface area contributed by atoms with Crippen LogP contribution in [0.2, 0.25) is 0 Å². The highest BCUT2D eigenvalue weighted by Gasteiger charge is 2.35. The Morgan fingerprint density at radius 3 is 2.09 bits per heavy atom. The van der Waals surface area contributed by atoms with Gasteiger partial charge in [-0.1, -0.05) is 85.8 Å². The Bertz CT molecular complexity index is 958. The molecule has 0 radical (unpaired) electrons. The van der Waals surface area contributed by atoms with E-state index in [9.17, 15) is 4.79 Å². The lowest BCUT2D eigenvalue weighted by Crippen LogP contribution is -2.54. The number of hydrogen-bond donors (Lipinski definition) is 0. The summed E-state index contributed by atoms with van der Waals surface area (Å²) >= 11 is 0. The summed E-state index contributed by atoms with van der Waals surface area (Å²) in [5, 5.41) is 0. The quantitative estimate of drug-likeness (QED) is 0.468. The van der Waals surface area contributed by atoms with Gasteiger partial charge in [0.15, 0.2) is 0 Å². The first-order chi connectivity index (χ1) is 15.7. The van der Waals surface area contributed by atoms with E-state index in [0.717, 1.165) is 44.6 Å². The van der Waals surface area contributed by atoms with Crippen molar-refractivity contribution < 1.29 is 4.79 Å². The van der Waals surface area contributed by atoms with E-state index in [1.807, 2.05) is 25.1 Å². The first-order valence-electron chi connectivity index (χ1n) is 11.9. The summed E-state index contributed by atoms with van der Waals surface area (Å²) in [6, 6.07) is 31.9. The highest BCUT2D eigenvalue weighted by Crippen LogP contribution is 2.30. The molecule has 1 saturated heterocycles. The lowest BCUT2D eigenvalue weighted by molar-refractivity contribution is -0.119. The lowest BCUT2D eigenvalue weighted by Gasteiger charge is -2.44. The van der Waals surface area contributed by atoms with Crippen LogP contribution in [0.5, 0.6) is 0 Å². The molecule has 3 heteroatoms. The molecule has 0 aliphatic carbocycles. The Morgan fingerprint density at radius 1 is 0.875 bits per heavy atom. The van der Waals surface area contributed by atoms with E-state index in [0.29, 0.717) is 12.3 Å². The Morgan fingerprint density at radius 2 is 1.47 bits per heavy atom. The Labute approximate surface area is 192 Å². The molecule has 3 nitrogen and oxygen atoms in total. The van der Waals surface area contributed by atoms with Crippen molar-refractivity contribution in [3.8, 4) is 0 Å². The number of para-hydroxylation sites is 1. The van der Waals surface area contributed by atoms with Crippen molar-refractivity contribution in [2.45, 2.75) is 38.6 Å². The van der Waals surface area contributed by atoms with Crippen molar-refractivity contribution in [1.29, 1.82) is 0 Å². The van der Waals surface area contributed by atoms with E-state index in [1.54, 1.807) is 0 Å². The van der Waals surface area contributed by atoms with Crippen molar-refractivity contribution in [3.63, 3.8) is 0 Å². The van der Waals surface area contributed by atoms with Crippen molar-refractivity contribution in [2.75, 3.05) is 24.5 Å². The molecular formula is C29H34N2O. The van der Waals surface area contributed by atoms with Gasteiger partial charge in [0, 0.05) is 37.8 Å². The minimum atomic E-state index is 0.219. The van der Waals surface area contributed by atoms with Gasteiger partial charge in [-0.25, -0.2) is 0 Å². The van der Waals surface area contributed by atoms with Crippen molar-refractivity contribution in [1.82, 2.24) is 4.90 Å². The number of anilines is 1. The van der Waals surface area contributed by atoms with Crippen molar-refractivity contribution >= 4 is 11.6 Å². The molecule has 0 spiro atoms. The summed E-state index contributed by atoms with van der Waals surface area (Å²) in [6.45, 7) is 5.09. The zero-order valence-electron chi connectivity index (χ0n) is 19.1. The molecule has 1 aliphatic rings. The highest BCUT2D eigenvalue weighted by molar-refractivity contribution is 5.93. The number of nitrogens with zero attached hydrogens (tertiary/aromatic N) is 2. The summed E-state index contributed by atoms with van der Waals surface area (Å²) in [4.78, 5) is 17.8. The minimum absolute atomic E-state index is 0.219. The average molecular weight is 427 g/mol. The van der Waals surface area contributed by atoms with Gasteiger partial charge in [-0.15, -0.1) is 0 Å². The maximum absolute atomic E-state index is 13.1. The maximum Gasteiger partial charge on any atom is 0.226 e. The van der Waals surface area contributed by atoms with E-state index in [2.05, 4.69) is 82.6 Å². The van der Waals surface area contributed by atoms with Gasteiger partial charge >= 0.3 is 0 Å². The highest BCUT2D eigenvalue weighted by atomic mass is 16.2. The van der Waals surface area contributed by atoms with Crippen LogP contribution in [0.1, 0.15) is 30.9 Å². The predicted molar refractivity (Wildman–Crippen MR) is 133 cm³/mol. The molecule has 4 rings (SSSR count). The third-order valence-electron chi connectivity index (χ3n) is 6.62. The van der Waals surface area contributed by atoms with Gasteiger partial charge in [0.1, 0.15) is 0 Å². The molecule has 2 atom stereocenters. The third kappa shape index (κ3) is 5.66. The van der Waals surface area contributed by atoms with Gasteiger partial charge < -0.3 is 9.80 Å². The molecule has 3 aromatic rings. The fourth-order valence-corrected chi connectivity index (χ4v) is 4.97. The fraction of sp³-hybridized carbons (Fsp3) is 0.345. The fourth-order valence-electron chi connectivity index (χ4n) is 4.97. The molecule has 1 heterocycles. The SMILES string of the molecule is CCC(=O)N(c1ccccc1)[C@@H]1CCN(CCc2ccccc2)C[C@H]1Cc1ccccc1. The van der Waals surface area contributed by atoms with E-state index in [4.69, 9.17) is 0 Å². The van der Waals surface area contributed by atoms with E-state index < -0.39 is 0 Å². The molecule has 0 bridgehead atoms.